The van der Waals surface area contributed by atoms with Gasteiger partial charge in [0.25, 0.3) is 0 Å². The van der Waals surface area contributed by atoms with Crippen LogP contribution < -0.4 is 10.1 Å². The number of nitrogens with one attached hydrogen (secondary N) is 1. The highest BCUT2D eigenvalue weighted by Gasteiger charge is 2.21. The van der Waals surface area contributed by atoms with E-state index in [4.69, 9.17) is 28.6 Å². The average Bonchev–Trinajstić information content (AvgIpc) is 2.92. The summed E-state index contributed by atoms with van der Waals surface area (Å²) in [6.07, 6.45) is 0.268. The van der Waals surface area contributed by atoms with Crippen LogP contribution in [0, 0.1) is 13.8 Å². The first-order valence-corrected chi connectivity index (χ1v) is 9.91. The summed E-state index contributed by atoms with van der Waals surface area (Å²) in [4.78, 5) is 13.0. The van der Waals surface area contributed by atoms with E-state index in [0.717, 1.165) is 27.7 Å². The van der Waals surface area contributed by atoms with Crippen molar-refractivity contribution in [2.75, 3.05) is 13.7 Å². The molecule has 0 unspecified atom stereocenters. The Morgan fingerprint density at radius 1 is 1.21 bits per heavy atom. The molecule has 28 heavy (non-hydrogen) atoms. The second kappa shape index (κ2) is 8.33. The molecule has 1 amide bonds. The van der Waals surface area contributed by atoms with E-state index < -0.39 is 0 Å². The number of aryl methyl sites for hydroxylation is 1. The van der Waals surface area contributed by atoms with Crippen molar-refractivity contribution >= 4 is 45.6 Å². The Morgan fingerprint density at radius 2 is 1.89 bits per heavy atom. The largest absolute Gasteiger partial charge is 0.495 e. The maximum absolute atomic E-state index is 12.3. The van der Waals surface area contributed by atoms with Crippen LogP contribution in [0.15, 0.2) is 36.4 Å². The topological polar surface area (TPSA) is 43.3 Å². The van der Waals surface area contributed by atoms with Gasteiger partial charge in [-0.3, -0.25) is 4.79 Å². The van der Waals surface area contributed by atoms with Crippen LogP contribution in [-0.2, 0) is 11.2 Å². The van der Waals surface area contributed by atoms with Gasteiger partial charge < -0.3 is 14.6 Å². The molecular formula is C22H23ClN2O2S. The minimum atomic E-state index is -0.0279. The first-order valence-electron chi connectivity index (χ1n) is 9.12. The summed E-state index contributed by atoms with van der Waals surface area (Å²) >= 11 is 12.2. The predicted molar refractivity (Wildman–Crippen MR) is 119 cm³/mol. The summed E-state index contributed by atoms with van der Waals surface area (Å²) in [6, 6.07) is 11.8. The highest BCUT2D eigenvalue weighted by molar-refractivity contribution is 7.80. The molecule has 0 bridgehead atoms. The number of carbonyl (C=O) groups is 1. The Morgan fingerprint density at radius 3 is 2.50 bits per heavy atom. The fourth-order valence-corrected chi connectivity index (χ4v) is 3.97. The number of fused-ring (bicyclic) bond motifs is 1. The van der Waals surface area contributed by atoms with Crippen molar-refractivity contribution in [2.45, 2.75) is 27.2 Å². The van der Waals surface area contributed by atoms with E-state index in [1.807, 2.05) is 61.7 Å². The van der Waals surface area contributed by atoms with E-state index in [9.17, 15) is 4.79 Å². The lowest BCUT2D eigenvalue weighted by Crippen LogP contribution is -2.24. The Kier molecular flexibility index (Phi) is 6.06. The number of nitrogens with zero attached hydrogens (tertiary/aromatic N) is 1. The average molecular weight is 415 g/mol. The fourth-order valence-electron chi connectivity index (χ4n) is 3.37. The molecule has 1 aromatic heterocycles. The van der Waals surface area contributed by atoms with Crippen LogP contribution in [0.5, 0.6) is 5.75 Å². The molecule has 0 saturated carbocycles. The molecule has 0 aliphatic heterocycles. The summed E-state index contributed by atoms with van der Waals surface area (Å²) in [7, 11) is 1.58. The van der Waals surface area contributed by atoms with Gasteiger partial charge in [-0.1, -0.05) is 53.6 Å². The number of hydrogen-bond acceptors (Lipinski definition) is 3. The van der Waals surface area contributed by atoms with Gasteiger partial charge in [0.1, 0.15) is 10.7 Å². The lowest BCUT2D eigenvalue weighted by Gasteiger charge is -2.12. The van der Waals surface area contributed by atoms with Gasteiger partial charge in [-0.25, -0.2) is 0 Å². The molecule has 1 heterocycles. The standard InChI is InChI=1S/C22H23ClN2O2S/c1-5-24-21(26)11-16-14(3)25(22(28)15-8-6-13(2)7-9-15)19-12-18(23)20(27-4)10-17(16)19/h6-10,12H,5,11H2,1-4H3,(H,24,26). The second-order valence-corrected chi connectivity index (χ2v) is 7.50. The highest BCUT2D eigenvalue weighted by Crippen LogP contribution is 2.35. The normalized spacial score (nSPS) is 10.9. The third-order valence-electron chi connectivity index (χ3n) is 4.82. The molecule has 0 radical (unpaired) electrons. The molecule has 3 aromatic rings. The maximum Gasteiger partial charge on any atom is 0.224 e. The van der Waals surface area contributed by atoms with Gasteiger partial charge in [-0.2, -0.15) is 0 Å². The van der Waals surface area contributed by atoms with Crippen LogP contribution in [0.25, 0.3) is 10.9 Å². The number of methoxy groups -OCH3 is 1. The minimum Gasteiger partial charge on any atom is -0.495 e. The zero-order valence-corrected chi connectivity index (χ0v) is 18.0. The summed E-state index contributed by atoms with van der Waals surface area (Å²) < 4.78 is 7.39. The van der Waals surface area contributed by atoms with Gasteiger partial charge in [0.2, 0.25) is 5.91 Å². The SMILES string of the molecule is CCNC(=O)Cc1c(C)n(C(=S)c2ccc(C)cc2)c2cc(Cl)c(OC)cc12. The number of amides is 1. The van der Waals surface area contributed by atoms with Crippen molar-refractivity contribution in [1.29, 1.82) is 0 Å². The van der Waals surface area contributed by atoms with E-state index in [1.54, 1.807) is 7.11 Å². The van der Waals surface area contributed by atoms with Crippen LogP contribution in [-0.4, -0.2) is 29.1 Å². The van der Waals surface area contributed by atoms with Gasteiger partial charge in [0, 0.05) is 23.2 Å². The lowest BCUT2D eigenvalue weighted by molar-refractivity contribution is -0.120. The van der Waals surface area contributed by atoms with E-state index in [1.165, 1.54) is 5.56 Å². The number of hydrogen-bond donors (Lipinski definition) is 1. The number of rotatable bonds is 5. The minimum absolute atomic E-state index is 0.0279. The summed E-state index contributed by atoms with van der Waals surface area (Å²) in [6.45, 7) is 6.52. The van der Waals surface area contributed by atoms with Gasteiger partial charge >= 0.3 is 0 Å². The summed E-state index contributed by atoms with van der Waals surface area (Å²) in [5.74, 6) is 0.546. The molecule has 0 atom stereocenters. The van der Waals surface area contributed by atoms with Crippen LogP contribution >= 0.6 is 23.8 Å². The number of benzene rings is 2. The molecule has 3 rings (SSSR count). The van der Waals surface area contributed by atoms with Crippen molar-refractivity contribution in [3.8, 4) is 5.75 Å². The smallest absolute Gasteiger partial charge is 0.224 e. The van der Waals surface area contributed by atoms with E-state index in [0.29, 0.717) is 22.3 Å². The number of halogens is 1. The zero-order chi connectivity index (χ0) is 20.4. The van der Waals surface area contributed by atoms with Crippen molar-refractivity contribution < 1.29 is 9.53 Å². The third kappa shape index (κ3) is 3.77. The van der Waals surface area contributed by atoms with E-state index in [2.05, 4.69) is 5.32 Å². The van der Waals surface area contributed by atoms with Crippen LogP contribution in [0.2, 0.25) is 5.02 Å². The lowest BCUT2D eigenvalue weighted by atomic mass is 10.1. The first-order chi connectivity index (χ1) is 13.4. The molecule has 4 nitrogen and oxygen atoms in total. The number of aromatic nitrogens is 1. The van der Waals surface area contributed by atoms with Crippen molar-refractivity contribution in [2.24, 2.45) is 0 Å². The van der Waals surface area contributed by atoms with Gasteiger partial charge in [-0.05, 0) is 38.5 Å². The number of likely N-dealkylation sites (N-methyl/N-ethyl adjacent to an activating group) is 1. The molecule has 0 fully saturated rings. The van der Waals surface area contributed by atoms with Crippen LogP contribution in [0.1, 0.15) is 29.3 Å². The molecule has 0 spiro atoms. The Hall–Kier alpha value is -2.37. The van der Waals surface area contributed by atoms with E-state index in [-0.39, 0.29) is 12.3 Å². The molecule has 0 aliphatic carbocycles. The summed E-state index contributed by atoms with van der Waals surface area (Å²) in [5, 5.41) is 4.28. The highest BCUT2D eigenvalue weighted by atomic mass is 35.5. The van der Waals surface area contributed by atoms with Gasteiger partial charge in [0.15, 0.2) is 0 Å². The zero-order valence-electron chi connectivity index (χ0n) is 16.4. The molecule has 146 valence electrons. The monoisotopic (exact) mass is 414 g/mol. The first kappa shape index (κ1) is 20.4. The number of thiocarbonyl (C=S) groups is 1. The van der Waals surface area contributed by atoms with Gasteiger partial charge in [0.05, 0.1) is 24.1 Å². The molecule has 0 saturated heterocycles. The second-order valence-electron chi connectivity index (χ2n) is 6.70. The molecule has 6 heteroatoms. The Bertz CT molecular complexity index is 1050. The Labute approximate surface area is 175 Å². The molecule has 0 aliphatic rings. The maximum atomic E-state index is 12.3. The quantitative estimate of drug-likeness (QED) is 0.608. The van der Waals surface area contributed by atoms with Crippen molar-refractivity contribution in [3.63, 3.8) is 0 Å². The predicted octanol–water partition coefficient (Wildman–Crippen LogP) is 4.82. The molecular weight excluding hydrogens is 392 g/mol. The van der Waals surface area contributed by atoms with Crippen LogP contribution in [0.4, 0.5) is 0 Å². The van der Waals surface area contributed by atoms with Gasteiger partial charge in [-0.15, -0.1) is 0 Å². The Balaban J connectivity index is 2.22. The van der Waals surface area contributed by atoms with Crippen molar-refractivity contribution in [1.82, 2.24) is 9.88 Å². The third-order valence-corrected chi connectivity index (χ3v) is 5.53. The number of carbonyl (C=O) groups excluding carboxylic acids is 1. The molecule has 2 aromatic carbocycles. The van der Waals surface area contributed by atoms with E-state index >= 15 is 0 Å². The van der Waals surface area contributed by atoms with Crippen molar-refractivity contribution in [3.05, 3.63) is 63.8 Å². The summed E-state index contributed by atoms with van der Waals surface area (Å²) in [5.41, 5.74) is 4.83. The number of ether oxygens (including phenoxy) is 1. The molecule has 1 N–H and O–H groups in total. The fraction of sp³-hybridized carbons (Fsp3) is 0.273. The van der Waals surface area contributed by atoms with Crippen LogP contribution in [0.3, 0.4) is 0 Å².